The average Bonchev–Trinajstić information content (AvgIpc) is 3.07. The molecular formula is C21H19ClN4O2. The number of para-hydroxylation sites is 1. The van der Waals surface area contributed by atoms with Crippen molar-refractivity contribution >= 4 is 22.8 Å². The minimum absolute atomic E-state index is 0.258. The maximum Gasteiger partial charge on any atom is 0.337 e. The van der Waals surface area contributed by atoms with Crippen molar-refractivity contribution in [2.24, 2.45) is 0 Å². The Morgan fingerprint density at radius 1 is 1.07 bits per heavy atom. The zero-order valence-corrected chi connectivity index (χ0v) is 16.3. The molecule has 2 aromatic carbocycles. The molecule has 0 radical (unpaired) electrons. The molecule has 0 bridgehead atoms. The molecule has 0 aliphatic carbocycles. The van der Waals surface area contributed by atoms with Gasteiger partial charge in [0.15, 0.2) is 11.2 Å². The molecule has 0 spiro atoms. The van der Waals surface area contributed by atoms with Gasteiger partial charge in [0, 0.05) is 13.1 Å². The molecule has 4 aromatic rings. The Labute approximate surface area is 166 Å². The highest BCUT2D eigenvalue weighted by Crippen LogP contribution is 2.21. The van der Waals surface area contributed by atoms with Gasteiger partial charge in [0.25, 0.3) is 5.56 Å². The van der Waals surface area contributed by atoms with Crippen LogP contribution in [-0.4, -0.2) is 18.7 Å². The van der Waals surface area contributed by atoms with Crippen LogP contribution in [0.5, 0.6) is 0 Å². The van der Waals surface area contributed by atoms with Crippen LogP contribution in [0, 0.1) is 6.92 Å². The van der Waals surface area contributed by atoms with Crippen LogP contribution in [0.3, 0.4) is 0 Å². The SMILES string of the molecule is CCn1c(=O)c2c(ncn2Cc2cccc(C)c2)n(-c2ccccc2Cl)c1=O. The van der Waals surface area contributed by atoms with Gasteiger partial charge in [-0.2, -0.15) is 0 Å². The zero-order chi connectivity index (χ0) is 19.8. The number of fused-ring (bicyclic) bond motifs is 1. The van der Waals surface area contributed by atoms with E-state index in [1.807, 2.05) is 25.1 Å². The number of rotatable bonds is 4. The quantitative estimate of drug-likeness (QED) is 0.533. The van der Waals surface area contributed by atoms with Crippen molar-refractivity contribution in [2.45, 2.75) is 26.9 Å². The third kappa shape index (κ3) is 2.96. The normalized spacial score (nSPS) is 11.2. The van der Waals surface area contributed by atoms with E-state index in [9.17, 15) is 9.59 Å². The van der Waals surface area contributed by atoms with E-state index in [1.165, 1.54) is 9.13 Å². The summed E-state index contributed by atoms with van der Waals surface area (Å²) in [5, 5.41) is 0.417. The van der Waals surface area contributed by atoms with Gasteiger partial charge in [-0.05, 0) is 31.5 Å². The van der Waals surface area contributed by atoms with Crippen LogP contribution in [0.1, 0.15) is 18.1 Å². The summed E-state index contributed by atoms with van der Waals surface area (Å²) in [6.45, 7) is 4.53. The second kappa shape index (κ2) is 7.13. The maximum atomic E-state index is 13.0. The lowest BCUT2D eigenvalue weighted by atomic mass is 10.1. The molecule has 0 saturated carbocycles. The standard InChI is InChI=1S/C21H19ClN4O2/c1-3-25-20(27)18-19(26(21(25)28)17-10-5-4-9-16(17)22)23-13-24(18)12-15-8-6-7-14(2)11-15/h4-11,13H,3,12H2,1-2H3. The maximum absolute atomic E-state index is 13.0. The summed E-state index contributed by atoms with van der Waals surface area (Å²) in [4.78, 5) is 30.5. The number of benzene rings is 2. The van der Waals surface area contributed by atoms with Gasteiger partial charge in [0.2, 0.25) is 0 Å². The molecule has 142 valence electrons. The lowest BCUT2D eigenvalue weighted by Crippen LogP contribution is -2.39. The highest BCUT2D eigenvalue weighted by atomic mass is 35.5. The molecule has 0 unspecified atom stereocenters. The number of aromatic nitrogens is 4. The first-order valence-electron chi connectivity index (χ1n) is 9.02. The summed E-state index contributed by atoms with van der Waals surface area (Å²) in [6.07, 6.45) is 1.60. The summed E-state index contributed by atoms with van der Waals surface area (Å²) in [5.74, 6) is 0. The summed E-state index contributed by atoms with van der Waals surface area (Å²) < 4.78 is 4.40. The van der Waals surface area contributed by atoms with Crippen molar-refractivity contribution < 1.29 is 0 Å². The fraction of sp³-hybridized carbons (Fsp3) is 0.190. The molecule has 0 saturated heterocycles. The first-order chi connectivity index (χ1) is 13.5. The van der Waals surface area contributed by atoms with E-state index in [0.29, 0.717) is 28.4 Å². The fourth-order valence-corrected chi connectivity index (χ4v) is 3.66. The summed E-state index contributed by atoms with van der Waals surface area (Å²) >= 11 is 6.34. The molecule has 4 rings (SSSR count). The van der Waals surface area contributed by atoms with Crippen LogP contribution in [0.2, 0.25) is 5.02 Å². The van der Waals surface area contributed by atoms with E-state index in [4.69, 9.17) is 11.6 Å². The number of halogens is 1. The summed E-state index contributed by atoms with van der Waals surface area (Å²) in [7, 11) is 0. The number of hydrogen-bond acceptors (Lipinski definition) is 3. The van der Waals surface area contributed by atoms with Crippen LogP contribution in [0.4, 0.5) is 0 Å². The molecule has 28 heavy (non-hydrogen) atoms. The Kier molecular flexibility index (Phi) is 4.65. The van der Waals surface area contributed by atoms with Gasteiger partial charge in [-0.25, -0.2) is 14.3 Å². The van der Waals surface area contributed by atoms with E-state index < -0.39 is 5.69 Å². The summed E-state index contributed by atoms with van der Waals surface area (Å²) in [5.41, 5.74) is 2.58. The second-order valence-corrected chi connectivity index (χ2v) is 7.06. The van der Waals surface area contributed by atoms with E-state index >= 15 is 0 Å². The van der Waals surface area contributed by atoms with Crippen molar-refractivity contribution in [3.05, 3.63) is 91.8 Å². The van der Waals surface area contributed by atoms with Gasteiger partial charge in [0.1, 0.15) is 0 Å². The highest BCUT2D eigenvalue weighted by Gasteiger charge is 2.19. The smallest absolute Gasteiger partial charge is 0.320 e. The predicted molar refractivity (Wildman–Crippen MR) is 111 cm³/mol. The predicted octanol–water partition coefficient (Wildman–Crippen LogP) is 3.38. The van der Waals surface area contributed by atoms with Crippen LogP contribution >= 0.6 is 11.6 Å². The molecule has 7 heteroatoms. The number of imidazole rings is 1. The Balaban J connectivity index is 2.02. The minimum Gasteiger partial charge on any atom is -0.320 e. The number of aryl methyl sites for hydroxylation is 1. The molecule has 6 nitrogen and oxygen atoms in total. The van der Waals surface area contributed by atoms with Crippen molar-refractivity contribution in [3.8, 4) is 5.69 Å². The highest BCUT2D eigenvalue weighted by molar-refractivity contribution is 6.32. The van der Waals surface area contributed by atoms with Crippen LogP contribution < -0.4 is 11.2 Å². The average molecular weight is 395 g/mol. The third-order valence-electron chi connectivity index (χ3n) is 4.75. The third-order valence-corrected chi connectivity index (χ3v) is 5.06. The molecule has 0 aliphatic heterocycles. The lowest BCUT2D eigenvalue weighted by Gasteiger charge is -2.12. The van der Waals surface area contributed by atoms with Gasteiger partial charge in [0.05, 0.1) is 17.0 Å². The van der Waals surface area contributed by atoms with Gasteiger partial charge in [-0.1, -0.05) is 53.6 Å². The molecule has 0 fully saturated rings. The topological polar surface area (TPSA) is 61.8 Å². The van der Waals surface area contributed by atoms with Crippen molar-refractivity contribution in [3.63, 3.8) is 0 Å². The zero-order valence-electron chi connectivity index (χ0n) is 15.6. The van der Waals surface area contributed by atoms with Gasteiger partial charge >= 0.3 is 5.69 Å². The van der Waals surface area contributed by atoms with E-state index in [1.54, 1.807) is 42.1 Å². The molecule has 0 atom stereocenters. The first-order valence-corrected chi connectivity index (χ1v) is 9.40. The fourth-order valence-electron chi connectivity index (χ4n) is 3.44. The van der Waals surface area contributed by atoms with Gasteiger partial charge in [-0.3, -0.25) is 9.36 Å². The molecule has 0 amide bonds. The largest absolute Gasteiger partial charge is 0.337 e. The number of nitrogens with zero attached hydrogens (tertiary/aromatic N) is 4. The van der Waals surface area contributed by atoms with E-state index in [-0.39, 0.29) is 12.1 Å². The Morgan fingerprint density at radius 3 is 2.57 bits per heavy atom. The molecule has 0 N–H and O–H groups in total. The van der Waals surface area contributed by atoms with Crippen molar-refractivity contribution in [2.75, 3.05) is 0 Å². The van der Waals surface area contributed by atoms with Gasteiger partial charge < -0.3 is 4.57 Å². The monoisotopic (exact) mass is 394 g/mol. The molecule has 2 heterocycles. The van der Waals surface area contributed by atoms with Crippen molar-refractivity contribution in [1.29, 1.82) is 0 Å². The minimum atomic E-state index is -0.450. The van der Waals surface area contributed by atoms with Crippen LogP contribution in [0.15, 0.2) is 64.4 Å². The molecular weight excluding hydrogens is 376 g/mol. The number of hydrogen-bond donors (Lipinski definition) is 0. The Morgan fingerprint density at radius 2 is 1.86 bits per heavy atom. The molecule has 0 aliphatic rings. The van der Waals surface area contributed by atoms with E-state index in [0.717, 1.165) is 11.1 Å². The van der Waals surface area contributed by atoms with Gasteiger partial charge in [-0.15, -0.1) is 0 Å². The Hall–Kier alpha value is -3.12. The first kappa shape index (κ1) is 18.3. The Bertz CT molecular complexity index is 1300. The summed E-state index contributed by atoms with van der Waals surface area (Å²) in [6, 6.07) is 15.1. The van der Waals surface area contributed by atoms with Crippen molar-refractivity contribution in [1.82, 2.24) is 18.7 Å². The van der Waals surface area contributed by atoms with E-state index in [2.05, 4.69) is 11.1 Å². The lowest BCUT2D eigenvalue weighted by molar-refractivity contribution is 0.655. The van der Waals surface area contributed by atoms with Crippen LogP contribution in [0.25, 0.3) is 16.9 Å². The second-order valence-electron chi connectivity index (χ2n) is 6.65. The molecule has 2 aromatic heterocycles. The van der Waals surface area contributed by atoms with Crippen LogP contribution in [-0.2, 0) is 13.1 Å².